The Kier molecular flexibility index (Phi) is 4.76. The van der Waals surface area contributed by atoms with Gasteiger partial charge in [0.15, 0.2) is 6.61 Å². The summed E-state index contributed by atoms with van der Waals surface area (Å²) >= 11 is 3.21. The number of amides is 1. The molecule has 0 radical (unpaired) electrons. The van der Waals surface area contributed by atoms with E-state index in [-0.39, 0.29) is 24.4 Å². The van der Waals surface area contributed by atoms with E-state index in [1.165, 1.54) is 18.2 Å². The molecule has 1 fully saturated rings. The van der Waals surface area contributed by atoms with Gasteiger partial charge in [-0.2, -0.15) is 0 Å². The zero-order valence-corrected chi connectivity index (χ0v) is 12.2. The van der Waals surface area contributed by atoms with Gasteiger partial charge in [-0.25, -0.2) is 4.39 Å². The Morgan fingerprint density at radius 1 is 1.63 bits per heavy atom. The molecule has 1 N–H and O–H groups in total. The Bertz CT molecular complexity index is 470. The number of hydrogen-bond donors (Lipinski definition) is 1. The number of nitrogens with one attached hydrogen (secondary N) is 1. The third kappa shape index (κ3) is 3.67. The second-order valence-electron chi connectivity index (χ2n) is 4.50. The van der Waals surface area contributed by atoms with Gasteiger partial charge in [0.2, 0.25) is 0 Å². The van der Waals surface area contributed by atoms with Gasteiger partial charge in [-0.15, -0.1) is 0 Å². The zero-order chi connectivity index (χ0) is 13.8. The molecule has 1 amide bonds. The lowest BCUT2D eigenvalue weighted by Gasteiger charge is -2.33. The van der Waals surface area contributed by atoms with Crippen molar-refractivity contribution in [2.24, 2.45) is 0 Å². The third-order valence-electron chi connectivity index (χ3n) is 3.07. The summed E-state index contributed by atoms with van der Waals surface area (Å²) in [6.07, 6.45) is 0. The van der Waals surface area contributed by atoms with Crippen LogP contribution in [0.25, 0.3) is 0 Å². The molecular formula is C13H16BrFN2O2. The minimum atomic E-state index is -0.346. The first kappa shape index (κ1) is 14.3. The molecule has 19 heavy (non-hydrogen) atoms. The van der Waals surface area contributed by atoms with Gasteiger partial charge in [0.05, 0.1) is 4.47 Å². The molecule has 1 atom stereocenters. The summed E-state index contributed by atoms with van der Waals surface area (Å²) in [6.45, 7) is 4.25. The maximum absolute atomic E-state index is 12.9. The highest BCUT2D eigenvalue weighted by Gasteiger charge is 2.23. The molecule has 1 aliphatic rings. The molecule has 6 heteroatoms. The fourth-order valence-corrected chi connectivity index (χ4v) is 2.49. The van der Waals surface area contributed by atoms with Crippen LogP contribution >= 0.6 is 15.9 Å². The van der Waals surface area contributed by atoms with Gasteiger partial charge >= 0.3 is 0 Å². The van der Waals surface area contributed by atoms with Crippen molar-refractivity contribution in [2.45, 2.75) is 13.0 Å². The SMILES string of the molecule is C[C@H]1CNCCN1C(=O)COc1ccc(F)cc1Br. The standard InChI is InChI=1S/C13H16BrFN2O2/c1-9-7-16-4-5-17(9)13(18)8-19-12-3-2-10(15)6-11(12)14/h2-3,6,9,16H,4-5,7-8H2,1H3/t9-/m0/s1. The van der Waals surface area contributed by atoms with E-state index in [1.807, 2.05) is 6.92 Å². The average molecular weight is 331 g/mol. The largest absolute Gasteiger partial charge is 0.483 e. The Morgan fingerprint density at radius 3 is 3.11 bits per heavy atom. The maximum atomic E-state index is 12.9. The van der Waals surface area contributed by atoms with Gasteiger partial charge in [-0.1, -0.05) is 0 Å². The number of hydrogen-bond acceptors (Lipinski definition) is 3. The number of carbonyl (C=O) groups is 1. The molecule has 4 nitrogen and oxygen atoms in total. The maximum Gasteiger partial charge on any atom is 0.260 e. The van der Waals surface area contributed by atoms with Crippen LogP contribution < -0.4 is 10.1 Å². The number of halogens is 2. The number of piperazine rings is 1. The molecule has 0 bridgehead atoms. The Morgan fingerprint density at radius 2 is 2.42 bits per heavy atom. The molecule has 1 heterocycles. The first-order valence-electron chi connectivity index (χ1n) is 6.16. The fourth-order valence-electron chi connectivity index (χ4n) is 2.03. The lowest BCUT2D eigenvalue weighted by Crippen LogP contribution is -2.53. The van der Waals surface area contributed by atoms with Gasteiger partial charge in [-0.05, 0) is 41.1 Å². The van der Waals surface area contributed by atoms with Crippen LogP contribution in [-0.2, 0) is 4.79 Å². The Hall–Kier alpha value is -1.14. The molecule has 1 aromatic carbocycles. The molecule has 1 aromatic rings. The third-order valence-corrected chi connectivity index (χ3v) is 3.69. The van der Waals surface area contributed by atoms with Crippen molar-refractivity contribution >= 4 is 21.8 Å². The first-order valence-corrected chi connectivity index (χ1v) is 6.95. The second-order valence-corrected chi connectivity index (χ2v) is 5.36. The van der Waals surface area contributed by atoms with Gasteiger partial charge in [0, 0.05) is 25.7 Å². The van der Waals surface area contributed by atoms with E-state index in [0.29, 0.717) is 16.8 Å². The van der Waals surface area contributed by atoms with Crippen LogP contribution in [0.3, 0.4) is 0 Å². The van der Waals surface area contributed by atoms with Crippen LogP contribution in [0.15, 0.2) is 22.7 Å². The van der Waals surface area contributed by atoms with E-state index < -0.39 is 0 Å². The highest BCUT2D eigenvalue weighted by molar-refractivity contribution is 9.10. The van der Waals surface area contributed by atoms with Crippen molar-refractivity contribution in [3.63, 3.8) is 0 Å². The quantitative estimate of drug-likeness (QED) is 0.918. The number of rotatable bonds is 3. The number of ether oxygens (including phenoxy) is 1. The molecule has 0 aromatic heterocycles. The molecule has 1 aliphatic heterocycles. The van der Waals surface area contributed by atoms with Gasteiger partial charge in [0.1, 0.15) is 11.6 Å². The molecule has 0 spiro atoms. The number of benzene rings is 1. The van der Waals surface area contributed by atoms with E-state index in [9.17, 15) is 9.18 Å². The van der Waals surface area contributed by atoms with E-state index in [1.54, 1.807) is 4.90 Å². The topological polar surface area (TPSA) is 41.6 Å². The van der Waals surface area contributed by atoms with Crippen molar-refractivity contribution in [2.75, 3.05) is 26.2 Å². The molecule has 2 rings (SSSR count). The van der Waals surface area contributed by atoms with Gasteiger partial charge in [-0.3, -0.25) is 4.79 Å². The smallest absolute Gasteiger partial charge is 0.260 e. The Labute approximate surface area is 120 Å². The van der Waals surface area contributed by atoms with Crippen molar-refractivity contribution in [3.8, 4) is 5.75 Å². The predicted molar refractivity (Wildman–Crippen MR) is 73.6 cm³/mol. The van der Waals surface area contributed by atoms with Crippen LogP contribution in [0, 0.1) is 5.82 Å². The molecular weight excluding hydrogens is 315 g/mol. The number of carbonyl (C=O) groups excluding carboxylic acids is 1. The van der Waals surface area contributed by atoms with Crippen molar-refractivity contribution in [1.29, 1.82) is 0 Å². The molecule has 1 saturated heterocycles. The van der Waals surface area contributed by atoms with Crippen LogP contribution in [0.1, 0.15) is 6.92 Å². The zero-order valence-electron chi connectivity index (χ0n) is 10.7. The lowest BCUT2D eigenvalue weighted by molar-refractivity contribution is -0.136. The fraction of sp³-hybridized carbons (Fsp3) is 0.462. The van der Waals surface area contributed by atoms with Crippen LogP contribution in [0.2, 0.25) is 0 Å². The summed E-state index contributed by atoms with van der Waals surface area (Å²) in [6, 6.07) is 4.29. The molecule has 0 unspecified atom stereocenters. The predicted octanol–water partition coefficient (Wildman–Crippen LogP) is 1.79. The molecule has 0 aliphatic carbocycles. The van der Waals surface area contributed by atoms with Crippen LogP contribution in [0.5, 0.6) is 5.75 Å². The summed E-state index contributed by atoms with van der Waals surface area (Å²) in [7, 11) is 0. The highest BCUT2D eigenvalue weighted by Crippen LogP contribution is 2.25. The number of nitrogens with zero attached hydrogens (tertiary/aromatic N) is 1. The van der Waals surface area contributed by atoms with Crippen molar-refractivity contribution < 1.29 is 13.9 Å². The van der Waals surface area contributed by atoms with Crippen LogP contribution in [-0.4, -0.2) is 43.1 Å². The second kappa shape index (κ2) is 6.34. The molecule has 0 saturated carbocycles. The summed E-state index contributed by atoms with van der Waals surface area (Å²) in [5.41, 5.74) is 0. The summed E-state index contributed by atoms with van der Waals surface area (Å²) < 4.78 is 18.9. The highest BCUT2D eigenvalue weighted by atomic mass is 79.9. The van der Waals surface area contributed by atoms with E-state index in [0.717, 1.165) is 13.1 Å². The lowest BCUT2D eigenvalue weighted by atomic mass is 10.2. The summed E-state index contributed by atoms with van der Waals surface area (Å²) in [4.78, 5) is 13.8. The average Bonchev–Trinajstić information content (AvgIpc) is 2.38. The monoisotopic (exact) mass is 330 g/mol. The summed E-state index contributed by atoms with van der Waals surface area (Å²) in [5, 5.41) is 3.22. The van der Waals surface area contributed by atoms with Gasteiger partial charge < -0.3 is 15.0 Å². The Balaban J connectivity index is 1.92. The first-order chi connectivity index (χ1) is 9.08. The normalized spacial score (nSPS) is 19.3. The minimum Gasteiger partial charge on any atom is -0.483 e. The minimum absolute atomic E-state index is 0.0332. The van der Waals surface area contributed by atoms with Gasteiger partial charge in [0.25, 0.3) is 5.91 Å². The van der Waals surface area contributed by atoms with E-state index >= 15 is 0 Å². The van der Waals surface area contributed by atoms with Crippen molar-refractivity contribution in [1.82, 2.24) is 10.2 Å². The van der Waals surface area contributed by atoms with E-state index in [2.05, 4.69) is 21.2 Å². The van der Waals surface area contributed by atoms with E-state index in [4.69, 9.17) is 4.74 Å². The van der Waals surface area contributed by atoms with Crippen molar-refractivity contribution in [3.05, 3.63) is 28.5 Å². The molecule has 104 valence electrons. The van der Waals surface area contributed by atoms with Crippen LogP contribution in [0.4, 0.5) is 4.39 Å². The summed E-state index contributed by atoms with van der Waals surface area (Å²) in [5.74, 6) is 0.0732.